The van der Waals surface area contributed by atoms with Crippen LogP contribution in [-0.2, 0) is 27.3 Å². The molecule has 2 aromatic carbocycles. The van der Waals surface area contributed by atoms with Crippen LogP contribution in [0.5, 0.6) is 0 Å². The molecule has 13 heteroatoms. The summed E-state index contributed by atoms with van der Waals surface area (Å²) in [5.74, 6) is 2.63. The van der Waals surface area contributed by atoms with Crippen LogP contribution in [0.25, 0.3) is 33.1 Å². The molecule has 0 bridgehead atoms. The van der Waals surface area contributed by atoms with Crippen molar-refractivity contribution >= 4 is 53.4 Å². The van der Waals surface area contributed by atoms with Gasteiger partial charge < -0.3 is 14.4 Å². The van der Waals surface area contributed by atoms with E-state index in [4.69, 9.17) is 19.3 Å². The molecule has 282 valence electrons. The van der Waals surface area contributed by atoms with Crippen LogP contribution in [0.3, 0.4) is 0 Å². The van der Waals surface area contributed by atoms with E-state index in [1.165, 1.54) is 4.46 Å². The Labute approximate surface area is 317 Å². The fourth-order valence-corrected chi connectivity index (χ4v) is 8.01. The van der Waals surface area contributed by atoms with Crippen LogP contribution in [0.2, 0.25) is 5.82 Å². The number of ether oxygens (including phenoxy) is 3. The molecule has 12 nitrogen and oxygen atoms in total. The average Bonchev–Trinajstić information content (AvgIpc) is 3.81. The summed E-state index contributed by atoms with van der Waals surface area (Å²) in [5, 5.41) is 15.8. The Morgan fingerprint density at radius 3 is 2.43 bits per heavy atom. The maximum absolute atomic E-state index is 13.9. The number of rotatable bonds is 9. The summed E-state index contributed by atoms with van der Waals surface area (Å²) in [5.41, 5.74) is 3.81. The van der Waals surface area contributed by atoms with E-state index < -0.39 is 17.3 Å². The van der Waals surface area contributed by atoms with Crippen LogP contribution in [0.15, 0.2) is 48.8 Å². The standard InChI is InChI=1S/C40H51N7O5Se/c1-39(2,3)51-37(48)44(22-26-11-10-12-26)24-29-18-28-15-14-27(17-34(28)46(29)38(49)52-40(4,5)6)23-45-25-33(42-43-45)31-19-30(53-7)20-35-32(31)21-41-47(35)36-13-8-9-16-50-36/h14-15,17-21,25-26,36H,8-13,16,22-24H2,1-7H3. The van der Waals surface area contributed by atoms with Crippen LogP contribution in [0.4, 0.5) is 9.59 Å². The number of hydrogen-bond donors (Lipinski definition) is 0. The molecule has 1 saturated carbocycles. The molecule has 2 fully saturated rings. The van der Waals surface area contributed by atoms with Gasteiger partial charge in [-0.25, -0.2) is 9.59 Å². The van der Waals surface area contributed by atoms with E-state index in [-0.39, 0.29) is 33.8 Å². The fraction of sp³-hybridized carbons (Fsp3) is 0.525. The summed E-state index contributed by atoms with van der Waals surface area (Å²) >= 11 is 0.278. The molecule has 53 heavy (non-hydrogen) atoms. The van der Waals surface area contributed by atoms with Gasteiger partial charge in [0.2, 0.25) is 0 Å². The Morgan fingerprint density at radius 2 is 1.75 bits per heavy atom. The predicted octanol–water partition coefficient (Wildman–Crippen LogP) is 7.69. The van der Waals surface area contributed by atoms with E-state index in [1.54, 1.807) is 9.47 Å². The number of hydrogen-bond acceptors (Lipinski definition) is 8. The zero-order valence-electron chi connectivity index (χ0n) is 31.9. The number of benzene rings is 2. The van der Waals surface area contributed by atoms with Crippen LogP contribution in [0, 0.1) is 5.92 Å². The van der Waals surface area contributed by atoms with Gasteiger partial charge in [-0.15, -0.1) is 0 Å². The number of amides is 1. The van der Waals surface area contributed by atoms with E-state index in [9.17, 15) is 9.59 Å². The van der Waals surface area contributed by atoms with Gasteiger partial charge in [-0.1, -0.05) is 6.42 Å². The van der Waals surface area contributed by atoms with Crippen molar-refractivity contribution in [2.24, 2.45) is 5.92 Å². The number of fused-ring (bicyclic) bond motifs is 2. The van der Waals surface area contributed by atoms with Crippen molar-refractivity contribution in [3.05, 3.63) is 60.0 Å². The second-order valence-electron chi connectivity index (χ2n) is 16.3. The Hall–Kier alpha value is -4.19. The average molecular weight is 789 g/mol. The van der Waals surface area contributed by atoms with Gasteiger partial charge in [0.15, 0.2) is 0 Å². The van der Waals surface area contributed by atoms with Gasteiger partial charge in [-0.2, -0.15) is 0 Å². The Kier molecular flexibility index (Phi) is 10.5. The third-order valence-corrected chi connectivity index (χ3v) is 11.2. The molecule has 1 saturated heterocycles. The number of carbonyl (C=O) groups excluding carboxylic acids is 2. The molecule has 5 aromatic rings. The molecule has 3 aromatic heterocycles. The van der Waals surface area contributed by atoms with E-state index in [1.807, 2.05) is 87.6 Å². The molecular formula is C40H51N7O5Se. The fourth-order valence-electron chi connectivity index (χ4n) is 7.04. The van der Waals surface area contributed by atoms with Gasteiger partial charge in [0, 0.05) is 6.54 Å². The Balaban J connectivity index is 1.20. The molecule has 1 unspecified atom stereocenters. The summed E-state index contributed by atoms with van der Waals surface area (Å²) in [7, 11) is 0. The third kappa shape index (κ3) is 8.47. The monoisotopic (exact) mass is 789 g/mol. The van der Waals surface area contributed by atoms with Crippen molar-refractivity contribution < 1.29 is 23.8 Å². The molecule has 1 aliphatic heterocycles. The summed E-state index contributed by atoms with van der Waals surface area (Å²) in [6.07, 6.45) is 9.45. The van der Waals surface area contributed by atoms with Gasteiger partial charge in [0.25, 0.3) is 0 Å². The van der Waals surface area contributed by atoms with Gasteiger partial charge in [-0.05, 0) is 60.3 Å². The second kappa shape index (κ2) is 14.9. The van der Waals surface area contributed by atoms with Crippen LogP contribution in [-0.4, -0.2) is 85.7 Å². The van der Waals surface area contributed by atoms with E-state index in [0.29, 0.717) is 30.2 Å². The van der Waals surface area contributed by atoms with Crippen molar-refractivity contribution in [3.63, 3.8) is 0 Å². The third-order valence-electron chi connectivity index (χ3n) is 9.74. The molecule has 2 aliphatic rings. The van der Waals surface area contributed by atoms with Crippen LogP contribution < -0.4 is 4.46 Å². The van der Waals surface area contributed by atoms with Gasteiger partial charge in [0.1, 0.15) is 11.2 Å². The van der Waals surface area contributed by atoms with E-state index in [2.05, 4.69) is 28.3 Å². The van der Waals surface area contributed by atoms with Gasteiger partial charge in [0.05, 0.1) is 6.54 Å². The topological polar surface area (TPSA) is 119 Å². The second-order valence-corrected chi connectivity index (χ2v) is 18.2. The van der Waals surface area contributed by atoms with Crippen molar-refractivity contribution in [1.29, 1.82) is 0 Å². The zero-order valence-corrected chi connectivity index (χ0v) is 33.6. The van der Waals surface area contributed by atoms with Crippen molar-refractivity contribution in [2.45, 2.75) is 116 Å². The molecule has 4 heterocycles. The Bertz CT molecular complexity index is 2110. The quantitative estimate of drug-likeness (QED) is 0.140. The van der Waals surface area contributed by atoms with Crippen molar-refractivity contribution in [1.82, 2.24) is 34.2 Å². The molecule has 7 rings (SSSR count). The molecule has 1 atom stereocenters. The first-order valence-electron chi connectivity index (χ1n) is 18.7. The molecule has 0 radical (unpaired) electrons. The van der Waals surface area contributed by atoms with Crippen LogP contribution >= 0.6 is 0 Å². The maximum atomic E-state index is 13.9. The summed E-state index contributed by atoms with van der Waals surface area (Å²) in [6, 6.07) is 12.5. The summed E-state index contributed by atoms with van der Waals surface area (Å²) in [6.45, 7) is 13.2. The van der Waals surface area contributed by atoms with Crippen LogP contribution in [0.1, 0.15) is 97.6 Å². The van der Waals surface area contributed by atoms with E-state index in [0.717, 1.165) is 78.2 Å². The molecule has 1 aliphatic carbocycles. The number of carbonyl (C=O) groups is 2. The first-order chi connectivity index (χ1) is 25.2. The predicted molar refractivity (Wildman–Crippen MR) is 205 cm³/mol. The summed E-state index contributed by atoms with van der Waals surface area (Å²) < 4.78 is 24.5. The first kappa shape index (κ1) is 37.1. The normalized spacial score (nSPS) is 16.9. The first-order valence-corrected chi connectivity index (χ1v) is 21.2. The minimum atomic E-state index is -0.710. The summed E-state index contributed by atoms with van der Waals surface area (Å²) in [4.78, 5) is 29.1. The van der Waals surface area contributed by atoms with Gasteiger partial charge in [-0.3, -0.25) is 0 Å². The molecule has 0 spiro atoms. The molecule has 1 amide bonds. The Morgan fingerprint density at radius 1 is 0.962 bits per heavy atom. The van der Waals surface area contributed by atoms with Crippen molar-refractivity contribution in [2.75, 3.05) is 13.2 Å². The number of aromatic nitrogens is 6. The van der Waals surface area contributed by atoms with Crippen molar-refractivity contribution in [3.8, 4) is 11.3 Å². The SMILES string of the molecule is C[Se]c1cc(-c2cn(Cc3ccc4cc(CN(CC5CCC5)C(=O)OC(C)(C)C)n(C(=O)OC(C)(C)C)c4c3)nn2)c2cnn(C3CCCCO3)c2c1. The molecular weight excluding hydrogens is 737 g/mol. The van der Waals surface area contributed by atoms with Gasteiger partial charge >= 0.3 is 203 Å². The number of nitrogens with zero attached hydrogens (tertiary/aromatic N) is 7. The zero-order chi connectivity index (χ0) is 37.5. The minimum absolute atomic E-state index is 0.0532. The van der Waals surface area contributed by atoms with E-state index >= 15 is 0 Å². The molecule has 0 N–H and O–H groups in total.